The van der Waals surface area contributed by atoms with Crippen LogP contribution in [0.4, 0.5) is 0 Å². The summed E-state index contributed by atoms with van der Waals surface area (Å²) in [4.78, 5) is 0. The average molecular weight is 239 g/mol. The molecular weight excluding hydrogens is 222 g/mol. The van der Waals surface area contributed by atoms with Crippen LogP contribution in [0.5, 0.6) is 5.75 Å². The first-order valence-electron chi connectivity index (χ1n) is 6.35. The van der Waals surface area contributed by atoms with Crippen molar-refractivity contribution in [1.29, 1.82) is 0 Å². The summed E-state index contributed by atoms with van der Waals surface area (Å²) >= 11 is 0. The van der Waals surface area contributed by atoms with E-state index in [-0.39, 0.29) is 0 Å². The molecule has 0 fully saturated rings. The van der Waals surface area contributed by atoms with Gasteiger partial charge in [-0.15, -0.1) is 0 Å². The van der Waals surface area contributed by atoms with Crippen LogP contribution in [-0.4, -0.2) is 20.2 Å². The molecule has 2 heteroatoms. The van der Waals surface area contributed by atoms with Gasteiger partial charge >= 0.3 is 0 Å². The van der Waals surface area contributed by atoms with E-state index in [4.69, 9.17) is 4.74 Å². The van der Waals surface area contributed by atoms with Crippen LogP contribution in [0.15, 0.2) is 42.5 Å². The second-order valence-corrected chi connectivity index (χ2v) is 4.61. The smallest absolute Gasteiger partial charge is 0.119 e. The van der Waals surface area contributed by atoms with Crippen LogP contribution >= 0.6 is 0 Å². The molecule has 0 bridgehead atoms. The third kappa shape index (κ3) is 2.12. The number of methoxy groups -OCH3 is 1. The average Bonchev–Trinajstić information content (AvgIpc) is 2.47. The van der Waals surface area contributed by atoms with Crippen LogP contribution in [0.1, 0.15) is 12.0 Å². The molecule has 0 unspecified atom stereocenters. The van der Waals surface area contributed by atoms with Crippen molar-refractivity contribution in [2.45, 2.75) is 6.42 Å². The summed E-state index contributed by atoms with van der Waals surface area (Å²) in [6, 6.07) is 12.9. The lowest BCUT2D eigenvalue weighted by atomic mass is 9.97. The van der Waals surface area contributed by atoms with Crippen LogP contribution in [0.25, 0.3) is 16.3 Å². The molecule has 0 spiro atoms. The lowest BCUT2D eigenvalue weighted by molar-refractivity contribution is 0.415. The van der Waals surface area contributed by atoms with Gasteiger partial charge in [0.25, 0.3) is 0 Å². The molecule has 0 aromatic heterocycles. The Labute approximate surface area is 107 Å². The predicted molar refractivity (Wildman–Crippen MR) is 76.0 cm³/mol. The van der Waals surface area contributed by atoms with Crippen LogP contribution in [-0.2, 0) is 0 Å². The summed E-state index contributed by atoms with van der Waals surface area (Å²) in [5.74, 6) is 0.913. The summed E-state index contributed by atoms with van der Waals surface area (Å²) in [6.07, 6.45) is 3.40. The largest absolute Gasteiger partial charge is 0.497 e. The van der Waals surface area contributed by atoms with Gasteiger partial charge in [-0.05, 0) is 53.1 Å². The Morgan fingerprint density at radius 3 is 2.67 bits per heavy atom. The molecule has 2 aromatic rings. The lowest BCUT2D eigenvalue weighted by Crippen LogP contribution is -2.19. The van der Waals surface area contributed by atoms with Gasteiger partial charge in [-0.1, -0.05) is 24.3 Å². The monoisotopic (exact) mass is 239 g/mol. The molecule has 1 aliphatic rings. The van der Waals surface area contributed by atoms with Gasteiger partial charge in [0.2, 0.25) is 0 Å². The van der Waals surface area contributed by atoms with Crippen molar-refractivity contribution in [3.63, 3.8) is 0 Å². The van der Waals surface area contributed by atoms with E-state index in [0.29, 0.717) is 0 Å². The molecule has 1 N–H and O–H groups in total. The Hall–Kier alpha value is -1.80. The maximum absolute atomic E-state index is 5.25. The van der Waals surface area contributed by atoms with Crippen molar-refractivity contribution in [2.24, 2.45) is 0 Å². The maximum Gasteiger partial charge on any atom is 0.119 e. The standard InChI is InChI=1S/C16H17NO/c1-18-16-5-4-14-10-13(2-3-15(14)11-16)12-6-8-17-9-7-12/h2-6,10-11,17H,7-9H2,1H3. The molecule has 92 valence electrons. The second kappa shape index (κ2) is 4.83. The normalized spacial score (nSPS) is 15.5. The number of hydrogen-bond acceptors (Lipinski definition) is 2. The lowest BCUT2D eigenvalue weighted by Gasteiger charge is -2.14. The van der Waals surface area contributed by atoms with E-state index in [1.54, 1.807) is 7.11 Å². The Balaban J connectivity index is 2.03. The minimum Gasteiger partial charge on any atom is -0.497 e. The van der Waals surface area contributed by atoms with E-state index in [9.17, 15) is 0 Å². The topological polar surface area (TPSA) is 21.3 Å². The molecule has 2 nitrogen and oxygen atoms in total. The number of ether oxygens (including phenoxy) is 1. The predicted octanol–water partition coefficient (Wildman–Crippen LogP) is 3.23. The summed E-state index contributed by atoms with van der Waals surface area (Å²) in [5.41, 5.74) is 2.79. The van der Waals surface area contributed by atoms with Crippen molar-refractivity contribution < 1.29 is 4.74 Å². The number of rotatable bonds is 2. The molecule has 18 heavy (non-hydrogen) atoms. The Morgan fingerprint density at radius 2 is 1.89 bits per heavy atom. The Morgan fingerprint density at radius 1 is 1.06 bits per heavy atom. The molecule has 0 saturated carbocycles. The van der Waals surface area contributed by atoms with Gasteiger partial charge in [-0.25, -0.2) is 0 Å². The van der Waals surface area contributed by atoms with Gasteiger partial charge in [-0.3, -0.25) is 0 Å². The number of fused-ring (bicyclic) bond motifs is 1. The van der Waals surface area contributed by atoms with E-state index in [0.717, 1.165) is 25.3 Å². The zero-order valence-corrected chi connectivity index (χ0v) is 10.6. The van der Waals surface area contributed by atoms with Crippen LogP contribution in [0.2, 0.25) is 0 Å². The highest BCUT2D eigenvalue weighted by molar-refractivity contribution is 5.87. The zero-order chi connectivity index (χ0) is 12.4. The molecule has 1 heterocycles. The van der Waals surface area contributed by atoms with Gasteiger partial charge in [0.1, 0.15) is 5.75 Å². The first-order chi connectivity index (χ1) is 8.86. The van der Waals surface area contributed by atoms with E-state index < -0.39 is 0 Å². The molecule has 1 aliphatic heterocycles. The van der Waals surface area contributed by atoms with Crippen molar-refractivity contribution in [3.05, 3.63) is 48.0 Å². The summed E-state index contributed by atoms with van der Waals surface area (Å²) in [6.45, 7) is 2.06. The highest BCUT2D eigenvalue weighted by Crippen LogP contribution is 2.26. The van der Waals surface area contributed by atoms with Crippen molar-refractivity contribution >= 4 is 16.3 Å². The molecular formula is C16H17NO. The van der Waals surface area contributed by atoms with Crippen LogP contribution < -0.4 is 10.1 Å². The van der Waals surface area contributed by atoms with Crippen LogP contribution in [0.3, 0.4) is 0 Å². The van der Waals surface area contributed by atoms with Crippen LogP contribution in [0, 0.1) is 0 Å². The Bertz CT molecular complexity index is 601. The minimum atomic E-state index is 0.913. The highest BCUT2D eigenvalue weighted by atomic mass is 16.5. The van der Waals surface area contributed by atoms with Gasteiger partial charge in [-0.2, -0.15) is 0 Å². The van der Waals surface area contributed by atoms with E-state index in [2.05, 4.69) is 41.7 Å². The molecule has 0 amide bonds. The SMILES string of the molecule is COc1ccc2cc(C3=CCNCC3)ccc2c1. The fourth-order valence-corrected chi connectivity index (χ4v) is 2.44. The third-order valence-corrected chi connectivity index (χ3v) is 3.48. The van der Waals surface area contributed by atoms with Gasteiger partial charge in [0.05, 0.1) is 7.11 Å². The minimum absolute atomic E-state index is 0.913. The Kier molecular flexibility index (Phi) is 3.03. The number of nitrogens with one attached hydrogen (secondary N) is 1. The molecule has 2 aromatic carbocycles. The summed E-state index contributed by atoms with van der Waals surface area (Å²) in [5, 5.41) is 5.84. The quantitative estimate of drug-likeness (QED) is 0.868. The van der Waals surface area contributed by atoms with Crippen molar-refractivity contribution in [3.8, 4) is 5.75 Å². The first kappa shape index (κ1) is 11.3. The van der Waals surface area contributed by atoms with E-state index >= 15 is 0 Å². The summed E-state index contributed by atoms with van der Waals surface area (Å²) < 4.78 is 5.25. The fourth-order valence-electron chi connectivity index (χ4n) is 2.44. The fraction of sp³-hybridized carbons (Fsp3) is 0.250. The molecule has 0 saturated heterocycles. The highest BCUT2D eigenvalue weighted by Gasteiger charge is 2.06. The first-order valence-corrected chi connectivity index (χ1v) is 6.35. The number of hydrogen-bond donors (Lipinski definition) is 1. The van der Waals surface area contributed by atoms with Gasteiger partial charge in [0, 0.05) is 6.54 Å². The molecule has 0 atom stereocenters. The van der Waals surface area contributed by atoms with E-state index in [1.807, 2.05) is 6.07 Å². The third-order valence-electron chi connectivity index (χ3n) is 3.48. The van der Waals surface area contributed by atoms with Gasteiger partial charge < -0.3 is 10.1 Å². The maximum atomic E-state index is 5.25. The summed E-state index contributed by atoms with van der Waals surface area (Å²) in [7, 11) is 1.70. The molecule has 0 radical (unpaired) electrons. The van der Waals surface area contributed by atoms with Crippen molar-refractivity contribution in [1.82, 2.24) is 5.32 Å². The van der Waals surface area contributed by atoms with E-state index in [1.165, 1.54) is 21.9 Å². The molecule has 0 aliphatic carbocycles. The zero-order valence-electron chi connectivity index (χ0n) is 10.6. The van der Waals surface area contributed by atoms with Crippen molar-refractivity contribution in [2.75, 3.05) is 20.2 Å². The number of benzene rings is 2. The van der Waals surface area contributed by atoms with Gasteiger partial charge in [0.15, 0.2) is 0 Å². The molecule has 3 rings (SSSR count). The second-order valence-electron chi connectivity index (χ2n) is 4.61.